The molecule has 0 heterocycles. The lowest BCUT2D eigenvalue weighted by molar-refractivity contribution is 0.590. The number of hydrogen-bond acceptors (Lipinski definition) is 6. The van der Waals surface area contributed by atoms with Crippen LogP contribution in [0.3, 0.4) is 0 Å². The highest BCUT2D eigenvalue weighted by Crippen LogP contribution is 2.20. The molecule has 114 valence electrons. The number of primary sulfonamides is 1. The number of benzene rings is 1. The van der Waals surface area contributed by atoms with Gasteiger partial charge in [0.05, 0.1) is 10.6 Å². The number of anilines is 1. The molecule has 20 heavy (non-hydrogen) atoms. The average Bonchev–Trinajstić information content (AvgIpc) is 2.15. The van der Waals surface area contributed by atoms with Gasteiger partial charge in [-0.3, -0.25) is 4.72 Å². The average molecular weight is 346 g/mol. The van der Waals surface area contributed by atoms with Gasteiger partial charge >= 0.3 is 0 Å². The van der Waals surface area contributed by atoms with Crippen LogP contribution in [0.5, 0.6) is 0 Å². The molecule has 0 saturated heterocycles. The van der Waals surface area contributed by atoms with Crippen LogP contribution in [0, 0.1) is 5.82 Å². The first-order chi connectivity index (χ1) is 8.80. The summed E-state index contributed by atoms with van der Waals surface area (Å²) in [6.07, 6.45) is 0.684. The summed E-state index contributed by atoms with van der Waals surface area (Å²) in [4.78, 5) is -0.518. The van der Waals surface area contributed by atoms with Gasteiger partial charge in [0.15, 0.2) is 14.9 Å². The quantitative estimate of drug-likeness (QED) is 0.716. The molecule has 0 aliphatic heterocycles. The molecule has 1 aromatic carbocycles. The van der Waals surface area contributed by atoms with E-state index in [-0.39, 0.29) is 0 Å². The van der Waals surface area contributed by atoms with E-state index in [9.17, 15) is 29.6 Å². The summed E-state index contributed by atoms with van der Waals surface area (Å²) in [6, 6.07) is 2.20. The van der Waals surface area contributed by atoms with Crippen LogP contribution < -0.4 is 9.86 Å². The molecule has 0 atom stereocenters. The maximum Gasteiger partial charge on any atom is 0.247 e. The largest absolute Gasteiger partial charge is 0.280 e. The molecule has 0 bridgehead atoms. The van der Waals surface area contributed by atoms with Gasteiger partial charge < -0.3 is 0 Å². The fourth-order valence-corrected chi connectivity index (χ4v) is 4.76. The number of nitrogens with one attached hydrogen (secondary N) is 1. The number of sulfonamides is 2. The monoisotopic (exact) mass is 346 g/mol. The first kappa shape index (κ1) is 16.8. The molecular weight excluding hydrogens is 335 g/mol. The highest BCUT2D eigenvalue weighted by atomic mass is 32.3. The van der Waals surface area contributed by atoms with Crippen LogP contribution in [-0.2, 0) is 29.9 Å². The van der Waals surface area contributed by atoms with Gasteiger partial charge in [-0.2, -0.15) is 0 Å². The molecule has 0 aromatic heterocycles. The Morgan fingerprint density at radius 3 is 2.15 bits per heavy atom. The lowest BCUT2D eigenvalue weighted by atomic mass is 10.3. The Balaban J connectivity index is 3.22. The predicted octanol–water partition coefficient (Wildman–Crippen LogP) is -0.783. The van der Waals surface area contributed by atoms with Crippen molar-refractivity contribution in [3.63, 3.8) is 0 Å². The Morgan fingerprint density at radius 2 is 1.70 bits per heavy atom. The van der Waals surface area contributed by atoms with Crippen LogP contribution in [0.1, 0.15) is 0 Å². The number of halogens is 1. The van der Waals surface area contributed by atoms with Gasteiger partial charge in [-0.05, 0) is 18.2 Å². The molecule has 0 spiro atoms. The van der Waals surface area contributed by atoms with E-state index in [2.05, 4.69) is 0 Å². The van der Waals surface area contributed by atoms with E-state index in [1.54, 1.807) is 4.72 Å². The maximum atomic E-state index is 13.4. The Labute approximate surface area is 115 Å². The third kappa shape index (κ3) is 5.03. The summed E-state index contributed by atoms with van der Waals surface area (Å²) in [6.45, 7) is 0. The Hall–Kier alpha value is -1.24. The fourth-order valence-electron chi connectivity index (χ4n) is 1.24. The maximum absolute atomic E-state index is 13.4. The van der Waals surface area contributed by atoms with Gasteiger partial charge in [-0.25, -0.2) is 34.8 Å². The molecule has 0 aliphatic rings. The van der Waals surface area contributed by atoms with E-state index in [1.807, 2.05) is 0 Å². The second-order valence-corrected chi connectivity index (χ2v) is 9.74. The summed E-state index contributed by atoms with van der Waals surface area (Å²) in [5.74, 6) is -1.07. The molecule has 1 aromatic rings. The van der Waals surface area contributed by atoms with Crippen LogP contribution >= 0.6 is 0 Å². The number of hydrogen-bond donors (Lipinski definition) is 2. The van der Waals surface area contributed by atoms with Crippen molar-refractivity contribution < 1.29 is 29.6 Å². The lowest BCUT2D eigenvalue weighted by Crippen LogP contribution is -2.23. The molecule has 0 saturated carbocycles. The zero-order valence-corrected chi connectivity index (χ0v) is 12.5. The molecule has 12 heteroatoms. The van der Waals surface area contributed by atoms with Crippen molar-refractivity contribution in [3.8, 4) is 0 Å². The van der Waals surface area contributed by atoms with Crippen molar-refractivity contribution in [1.82, 2.24) is 0 Å². The van der Waals surface area contributed by atoms with Crippen molar-refractivity contribution >= 4 is 35.6 Å². The van der Waals surface area contributed by atoms with Gasteiger partial charge in [0.25, 0.3) is 0 Å². The molecule has 0 unspecified atom stereocenters. The summed E-state index contributed by atoms with van der Waals surface area (Å²) in [7, 11) is -12.4. The Bertz CT molecular complexity index is 829. The molecule has 0 radical (unpaired) electrons. The van der Waals surface area contributed by atoms with Crippen molar-refractivity contribution in [1.29, 1.82) is 0 Å². The van der Waals surface area contributed by atoms with Crippen LogP contribution in [0.15, 0.2) is 23.1 Å². The molecule has 1 rings (SSSR count). The minimum Gasteiger partial charge on any atom is -0.280 e. The molecule has 3 N–H and O–H groups in total. The highest BCUT2D eigenvalue weighted by Gasteiger charge is 2.21. The first-order valence-corrected chi connectivity index (χ1v) is 10.1. The summed E-state index contributed by atoms with van der Waals surface area (Å²) < 4.78 is 82.0. The van der Waals surface area contributed by atoms with Crippen LogP contribution in [0.2, 0.25) is 0 Å². The number of sulfone groups is 1. The third-order valence-electron chi connectivity index (χ3n) is 1.90. The van der Waals surface area contributed by atoms with Crippen molar-refractivity contribution in [2.75, 3.05) is 16.1 Å². The fraction of sp³-hybridized carbons (Fsp3) is 0.250. The molecular formula is C8H11FN2O6S3. The van der Waals surface area contributed by atoms with Gasteiger partial charge in [-0.1, -0.05) is 0 Å². The van der Waals surface area contributed by atoms with Gasteiger partial charge in [0.2, 0.25) is 20.0 Å². The summed E-state index contributed by atoms with van der Waals surface area (Å²) in [5, 5.41) is 3.55. The van der Waals surface area contributed by atoms with Crippen LogP contribution in [0.4, 0.5) is 10.1 Å². The smallest absolute Gasteiger partial charge is 0.247 e. The van der Waals surface area contributed by atoms with E-state index in [0.717, 1.165) is 6.07 Å². The van der Waals surface area contributed by atoms with Crippen LogP contribution in [-0.4, -0.2) is 36.6 Å². The summed E-state index contributed by atoms with van der Waals surface area (Å²) in [5.41, 5.74) is -0.708. The van der Waals surface area contributed by atoms with E-state index < -0.39 is 51.4 Å². The Kier molecular flexibility index (Phi) is 4.43. The van der Waals surface area contributed by atoms with E-state index >= 15 is 0 Å². The normalized spacial score (nSPS) is 13.2. The SMILES string of the molecule is CS(=O)(=O)CS(=O)(=O)Nc1cc(S(N)(=O)=O)ccc1F. The predicted molar refractivity (Wildman–Crippen MR) is 70.0 cm³/mol. The van der Waals surface area contributed by atoms with E-state index in [4.69, 9.17) is 5.14 Å². The number of rotatable bonds is 5. The molecule has 0 fully saturated rings. The van der Waals surface area contributed by atoms with Crippen LogP contribution in [0.25, 0.3) is 0 Å². The second kappa shape index (κ2) is 5.27. The zero-order chi connectivity index (χ0) is 15.8. The molecule has 0 aliphatic carbocycles. The van der Waals surface area contributed by atoms with E-state index in [0.29, 0.717) is 18.4 Å². The summed E-state index contributed by atoms with van der Waals surface area (Å²) >= 11 is 0. The topological polar surface area (TPSA) is 140 Å². The zero-order valence-electron chi connectivity index (χ0n) is 10.1. The van der Waals surface area contributed by atoms with E-state index in [1.165, 1.54) is 0 Å². The first-order valence-electron chi connectivity index (χ1n) is 4.81. The second-order valence-electron chi connectivity index (χ2n) is 3.95. The highest BCUT2D eigenvalue weighted by molar-refractivity contribution is 8.08. The number of nitrogens with two attached hydrogens (primary N) is 1. The van der Waals surface area contributed by atoms with Gasteiger partial charge in [0, 0.05) is 6.26 Å². The minimum atomic E-state index is -4.39. The third-order valence-corrected chi connectivity index (χ3v) is 6.30. The lowest BCUT2D eigenvalue weighted by Gasteiger charge is -2.09. The van der Waals surface area contributed by atoms with Gasteiger partial charge in [-0.15, -0.1) is 0 Å². The standard InChI is InChI=1S/C8H11FN2O6S3/c1-18(12,13)5-19(14,15)11-8-4-6(20(10,16)17)2-3-7(8)9/h2-4,11H,5H2,1H3,(H2,10,16,17). The van der Waals surface area contributed by atoms with Crippen molar-refractivity contribution in [2.24, 2.45) is 5.14 Å². The molecule has 0 amide bonds. The van der Waals surface area contributed by atoms with Crippen molar-refractivity contribution in [3.05, 3.63) is 24.0 Å². The Morgan fingerprint density at radius 1 is 1.15 bits per heavy atom. The van der Waals surface area contributed by atoms with Gasteiger partial charge in [0.1, 0.15) is 5.82 Å². The molecule has 8 nitrogen and oxygen atoms in total. The minimum absolute atomic E-state index is 0.518. The van der Waals surface area contributed by atoms with Crippen molar-refractivity contribution in [2.45, 2.75) is 4.90 Å².